The number of carbonyl (C=O) groups is 1. The molecule has 0 spiro atoms. The maximum atomic E-state index is 12.9. The number of anilines is 1. The number of aromatic nitrogens is 1. The monoisotopic (exact) mass is 395 g/mol. The number of amides is 1. The normalized spacial score (nSPS) is 14.7. The Morgan fingerprint density at radius 1 is 1.07 bits per heavy atom. The molecule has 5 nitrogen and oxygen atoms in total. The Morgan fingerprint density at radius 3 is 2.54 bits per heavy atom. The first-order valence-corrected chi connectivity index (χ1v) is 10.5. The van der Waals surface area contributed by atoms with E-state index in [0.29, 0.717) is 30.3 Å². The average Bonchev–Trinajstić information content (AvgIpc) is 3.17. The van der Waals surface area contributed by atoms with Crippen LogP contribution in [0.1, 0.15) is 35.7 Å². The lowest BCUT2D eigenvalue weighted by Crippen LogP contribution is -2.48. The smallest absolute Gasteiger partial charge is 0.257 e. The van der Waals surface area contributed by atoms with Crippen LogP contribution in [0.3, 0.4) is 0 Å². The molecule has 1 aliphatic rings. The van der Waals surface area contributed by atoms with Gasteiger partial charge in [0, 0.05) is 26.2 Å². The molecule has 0 aliphatic carbocycles. The summed E-state index contributed by atoms with van der Waals surface area (Å²) in [6.07, 6.45) is 0. The Labute approximate surface area is 169 Å². The van der Waals surface area contributed by atoms with Crippen LogP contribution in [0.2, 0.25) is 0 Å². The minimum absolute atomic E-state index is 0.0310. The lowest BCUT2D eigenvalue weighted by Gasteiger charge is -2.34. The molecule has 1 saturated heterocycles. The summed E-state index contributed by atoms with van der Waals surface area (Å²) >= 11 is 1.74. The van der Waals surface area contributed by atoms with Crippen molar-refractivity contribution in [3.05, 3.63) is 53.6 Å². The second kappa shape index (κ2) is 7.80. The van der Waals surface area contributed by atoms with E-state index in [2.05, 4.69) is 36.9 Å². The molecule has 2 aromatic carbocycles. The maximum Gasteiger partial charge on any atom is 0.257 e. The third kappa shape index (κ3) is 3.44. The van der Waals surface area contributed by atoms with Crippen LogP contribution in [-0.4, -0.2) is 49.1 Å². The van der Waals surface area contributed by atoms with E-state index >= 15 is 0 Å². The highest BCUT2D eigenvalue weighted by molar-refractivity contribution is 7.22. The SMILES string of the molecule is COc1ccccc1C(=O)N1CCN(c2nc3c(C(C)C)cccc3s2)CC1. The topological polar surface area (TPSA) is 45.7 Å². The number of fused-ring (bicyclic) bond motifs is 1. The third-order valence-electron chi connectivity index (χ3n) is 5.24. The van der Waals surface area contributed by atoms with Crippen LogP contribution in [0.15, 0.2) is 42.5 Å². The predicted octanol–water partition coefficient (Wildman–Crippen LogP) is 4.39. The summed E-state index contributed by atoms with van der Waals surface area (Å²) in [7, 11) is 1.60. The first kappa shape index (κ1) is 18.7. The van der Waals surface area contributed by atoms with Crippen molar-refractivity contribution in [2.24, 2.45) is 0 Å². The molecule has 3 aromatic rings. The molecule has 2 heterocycles. The number of carbonyl (C=O) groups excluding carboxylic acids is 1. The van der Waals surface area contributed by atoms with Crippen molar-refractivity contribution in [2.45, 2.75) is 19.8 Å². The Bertz CT molecular complexity index is 990. The number of hydrogen-bond acceptors (Lipinski definition) is 5. The summed E-state index contributed by atoms with van der Waals surface area (Å²) in [5.41, 5.74) is 3.04. The number of nitrogens with zero attached hydrogens (tertiary/aromatic N) is 3. The Kier molecular flexibility index (Phi) is 5.22. The second-order valence-corrected chi connectivity index (χ2v) is 8.33. The minimum atomic E-state index is 0.0310. The molecular formula is C22H25N3O2S. The largest absolute Gasteiger partial charge is 0.496 e. The number of para-hydroxylation sites is 2. The fourth-order valence-corrected chi connectivity index (χ4v) is 4.70. The third-order valence-corrected chi connectivity index (χ3v) is 6.32. The van der Waals surface area contributed by atoms with Crippen molar-refractivity contribution in [2.75, 3.05) is 38.2 Å². The van der Waals surface area contributed by atoms with Gasteiger partial charge in [-0.25, -0.2) is 4.98 Å². The summed E-state index contributed by atoms with van der Waals surface area (Å²) in [4.78, 5) is 22.0. The van der Waals surface area contributed by atoms with E-state index in [1.165, 1.54) is 10.3 Å². The summed E-state index contributed by atoms with van der Waals surface area (Å²) < 4.78 is 6.58. The number of ether oxygens (including phenoxy) is 1. The van der Waals surface area contributed by atoms with Crippen LogP contribution >= 0.6 is 11.3 Å². The van der Waals surface area contributed by atoms with Gasteiger partial charge in [0.2, 0.25) is 0 Å². The van der Waals surface area contributed by atoms with Gasteiger partial charge in [0.05, 0.1) is 22.9 Å². The molecule has 0 radical (unpaired) electrons. The minimum Gasteiger partial charge on any atom is -0.496 e. The van der Waals surface area contributed by atoms with Crippen molar-refractivity contribution < 1.29 is 9.53 Å². The van der Waals surface area contributed by atoms with Gasteiger partial charge in [-0.15, -0.1) is 0 Å². The lowest BCUT2D eigenvalue weighted by molar-refractivity contribution is 0.0743. The van der Waals surface area contributed by atoms with E-state index in [9.17, 15) is 4.79 Å². The van der Waals surface area contributed by atoms with Gasteiger partial charge in [0.25, 0.3) is 5.91 Å². The number of hydrogen-bond donors (Lipinski definition) is 0. The molecule has 0 bridgehead atoms. The van der Waals surface area contributed by atoms with E-state index in [-0.39, 0.29) is 5.91 Å². The molecule has 0 unspecified atom stereocenters. The summed E-state index contributed by atoms with van der Waals surface area (Å²) in [6.45, 7) is 7.36. The zero-order valence-corrected chi connectivity index (χ0v) is 17.3. The van der Waals surface area contributed by atoms with E-state index in [1.54, 1.807) is 18.4 Å². The molecule has 1 fully saturated rings. The maximum absolute atomic E-state index is 12.9. The molecule has 1 aromatic heterocycles. The molecule has 28 heavy (non-hydrogen) atoms. The van der Waals surface area contributed by atoms with E-state index < -0.39 is 0 Å². The highest BCUT2D eigenvalue weighted by atomic mass is 32.1. The standard InChI is InChI=1S/C22H25N3O2S/c1-15(2)16-8-6-10-19-20(16)23-22(28-19)25-13-11-24(12-14-25)21(26)17-7-4-5-9-18(17)27-3/h4-10,15H,11-14H2,1-3H3. The van der Waals surface area contributed by atoms with Crippen molar-refractivity contribution in [3.63, 3.8) is 0 Å². The molecule has 0 atom stereocenters. The molecular weight excluding hydrogens is 370 g/mol. The molecule has 1 aliphatic heterocycles. The molecule has 6 heteroatoms. The van der Waals surface area contributed by atoms with Crippen LogP contribution in [0.25, 0.3) is 10.2 Å². The molecule has 1 amide bonds. The zero-order valence-electron chi connectivity index (χ0n) is 16.5. The van der Waals surface area contributed by atoms with Gasteiger partial charge < -0.3 is 14.5 Å². The summed E-state index contributed by atoms with van der Waals surface area (Å²) in [5, 5.41) is 1.05. The average molecular weight is 396 g/mol. The van der Waals surface area contributed by atoms with Gasteiger partial charge in [-0.05, 0) is 29.7 Å². The van der Waals surface area contributed by atoms with Crippen LogP contribution < -0.4 is 9.64 Å². The molecule has 0 N–H and O–H groups in total. The highest BCUT2D eigenvalue weighted by Crippen LogP contribution is 2.34. The van der Waals surface area contributed by atoms with Gasteiger partial charge in [0.1, 0.15) is 5.75 Å². The van der Waals surface area contributed by atoms with Gasteiger partial charge in [0.15, 0.2) is 5.13 Å². The van der Waals surface area contributed by atoms with Crippen molar-refractivity contribution in [3.8, 4) is 5.75 Å². The van der Waals surface area contributed by atoms with Gasteiger partial charge in [-0.2, -0.15) is 0 Å². The van der Waals surface area contributed by atoms with Gasteiger partial charge >= 0.3 is 0 Å². The Morgan fingerprint density at radius 2 is 1.82 bits per heavy atom. The first-order chi connectivity index (χ1) is 13.6. The van der Waals surface area contributed by atoms with Gasteiger partial charge in [-0.3, -0.25) is 4.79 Å². The van der Waals surface area contributed by atoms with Crippen LogP contribution in [-0.2, 0) is 0 Å². The summed E-state index contributed by atoms with van der Waals surface area (Å²) in [5.74, 6) is 1.11. The predicted molar refractivity (Wildman–Crippen MR) is 115 cm³/mol. The Balaban J connectivity index is 1.49. The van der Waals surface area contributed by atoms with Crippen LogP contribution in [0.5, 0.6) is 5.75 Å². The van der Waals surface area contributed by atoms with Crippen molar-refractivity contribution in [1.29, 1.82) is 0 Å². The van der Waals surface area contributed by atoms with Crippen LogP contribution in [0, 0.1) is 0 Å². The fourth-order valence-electron chi connectivity index (χ4n) is 3.65. The lowest BCUT2D eigenvalue weighted by atomic mass is 10.0. The van der Waals surface area contributed by atoms with Crippen molar-refractivity contribution in [1.82, 2.24) is 9.88 Å². The number of piperazine rings is 1. The number of benzene rings is 2. The second-order valence-electron chi connectivity index (χ2n) is 7.32. The Hall–Kier alpha value is -2.60. The zero-order chi connectivity index (χ0) is 19.7. The van der Waals surface area contributed by atoms with E-state index in [1.807, 2.05) is 29.2 Å². The van der Waals surface area contributed by atoms with Gasteiger partial charge in [-0.1, -0.05) is 49.4 Å². The fraction of sp³-hybridized carbons (Fsp3) is 0.364. The first-order valence-electron chi connectivity index (χ1n) is 9.65. The number of thiazole rings is 1. The highest BCUT2D eigenvalue weighted by Gasteiger charge is 2.25. The number of methoxy groups -OCH3 is 1. The molecule has 146 valence electrons. The molecule has 0 saturated carbocycles. The number of rotatable bonds is 4. The van der Waals surface area contributed by atoms with Crippen LogP contribution in [0.4, 0.5) is 5.13 Å². The summed E-state index contributed by atoms with van der Waals surface area (Å²) in [6, 6.07) is 13.8. The van der Waals surface area contributed by atoms with E-state index in [0.717, 1.165) is 23.7 Å². The quantitative estimate of drug-likeness (QED) is 0.657. The molecule has 4 rings (SSSR count). The van der Waals surface area contributed by atoms with E-state index in [4.69, 9.17) is 9.72 Å². The van der Waals surface area contributed by atoms with Crippen molar-refractivity contribution >= 4 is 32.6 Å².